The molecule has 1 aromatic rings. The highest BCUT2D eigenvalue weighted by Crippen LogP contribution is 2.28. The minimum absolute atomic E-state index is 0.00279. The fourth-order valence-corrected chi connectivity index (χ4v) is 4.10. The number of amides is 2. The lowest BCUT2D eigenvalue weighted by molar-refractivity contribution is -0.141. The zero-order valence-corrected chi connectivity index (χ0v) is 17.4. The molecule has 1 aliphatic carbocycles. The Balaban J connectivity index is 1.37. The van der Waals surface area contributed by atoms with Gasteiger partial charge in [-0.2, -0.15) is 0 Å². The summed E-state index contributed by atoms with van der Waals surface area (Å²) in [6.07, 6.45) is 6.78. The van der Waals surface area contributed by atoms with Crippen molar-refractivity contribution in [2.45, 2.75) is 51.9 Å². The van der Waals surface area contributed by atoms with Crippen molar-refractivity contribution in [3.8, 4) is 5.75 Å². The average Bonchev–Trinajstić information content (AvgIpc) is 3.24. The predicted molar refractivity (Wildman–Crippen MR) is 111 cm³/mol. The molecule has 0 radical (unpaired) electrons. The van der Waals surface area contributed by atoms with Crippen molar-refractivity contribution in [1.82, 2.24) is 9.80 Å². The van der Waals surface area contributed by atoms with Gasteiger partial charge >= 0.3 is 0 Å². The molecule has 1 aromatic carbocycles. The van der Waals surface area contributed by atoms with Gasteiger partial charge in [0.25, 0.3) is 5.91 Å². The summed E-state index contributed by atoms with van der Waals surface area (Å²) in [5.41, 5.74) is 1.08. The van der Waals surface area contributed by atoms with Gasteiger partial charge < -0.3 is 19.3 Å². The van der Waals surface area contributed by atoms with Crippen LogP contribution in [0.4, 0.5) is 0 Å². The lowest BCUT2D eigenvalue weighted by Crippen LogP contribution is -2.51. The lowest BCUT2D eigenvalue weighted by atomic mass is 10.0. The van der Waals surface area contributed by atoms with Crippen LogP contribution in [0.2, 0.25) is 0 Å². The predicted octanol–water partition coefficient (Wildman–Crippen LogP) is 2.84. The molecule has 2 amide bonds. The van der Waals surface area contributed by atoms with Crippen LogP contribution in [0.3, 0.4) is 0 Å². The van der Waals surface area contributed by atoms with Crippen molar-refractivity contribution in [1.29, 1.82) is 0 Å². The third kappa shape index (κ3) is 6.58. The highest BCUT2D eigenvalue weighted by Gasteiger charge is 2.26. The number of ketones is 1. The maximum atomic E-state index is 12.4. The quantitative estimate of drug-likeness (QED) is 0.673. The van der Waals surface area contributed by atoms with Crippen molar-refractivity contribution in [2.75, 3.05) is 32.8 Å². The van der Waals surface area contributed by atoms with E-state index in [1.165, 1.54) is 25.7 Å². The Labute approximate surface area is 173 Å². The molecule has 6 heteroatoms. The second-order valence-electron chi connectivity index (χ2n) is 8.25. The van der Waals surface area contributed by atoms with E-state index in [1.807, 2.05) is 29.2 Å². The van der Waals surface area contributed by atoms with E-state index in [0.717, 1.165) is 12.0 Å². The van der Waals surface area contributed by atoms with Crippen molar-refractivity contribution in [3.63, 3.8) is 0 Å². The number of carbonyl (C=O) groups excluding carboxylic acids is 3. The first-order chi connectivity index (χ1) is 14.0. The molecule has 0 aromatic heterocycles. The van der Waals surface area contributed by atoms with Gasteiger partial charge in [-0.15, -0.1) is 0 Å². The summed E-state index contributed by atoms with van der Waals surface area (Å²) < 4.78 is 5.63. The Bertz CT molecular complexity index is 702. The topological polar surface area (TPSA) is 66.9 Å². The van der Waals surface area contributed by atoms with Crippen LogP contribution in [0.5, 0.6) is 5.75 Å². The molecule has 1 aliphatic heterocycles. The molecule has 6 nitrogen and oxygen atoms in total. The molecule has 3 rings (SSSR count). The number of carbonyl (C=O) groups is 3. The zero-order chi connectivity index (χ0) is 20.6. The number of hydrogen-bond donors (Lipinski definition) is 0. The van der Waals surface area contributed by atoms with E-state index >= 15 is 0 Å². The molecule has 2 fully saturated rings. The molecule has 0 unspecified atom stereocenters. The van der Waals surface area contributed by atoms with Crippen LogP contribution in [-0.2, 0) is 20.8 Å². The first-order valence-electron chi connectivity index (χ1n) is 10.8. The molecule has 0 atom stereocenters. The molecule has 0 bridgehead atoms. The maximum Gasteiger partial charge on any atom is 0.260 e. The first kappa shape index (κ1) is 21.3. The molecule has 1 saturated heterocycles. The van der Waals surface area contributed by atoms with Crippen LogP contribution in [0, 0.1) is 5.92 Å². The van der Waals surface area contributed by atoms with Gasteiger partial charge in [0, 0.05) is 39.0 Å². The van der Waals surface area contributed by atoms with Crippen LogP contribution in [0.15, 0.2) is 24.3 Å². The molecule has 1 saturated carbocycles. The van der Waals surface area contributed by atoms with E-state index in [0.29, 0.717) is 50.7 Å². The Morgan fingerprint density at radius 1 is 0.931 bits per heavy atom. The minimum atomic E-state index is -0.0476. The molecule has 0 N–H and O–H groups in total. The Morgan fingerprint density at radius 2 is 1.52 bits per heavy atom. The number of aryl methyl sites for hydroxylation is 1. The Morgan fingerprint density at radius 3 is 2.10 bits per heavy atom. The fourth-order valence-electron chi connectivity index (χ4n) is 4.10. The number of ether oxygens (including phenoxy) is 1. The number of rotatable bonds is 8. The minimum Gasteiger partial charge on any atom is -0.484 e. The fraction of sp³-hybridized carbons (Fsp3) is 0.609. The van der Waals surface area contributed by atoms with Crippen LogP contribution < -0.4 is 4.74 Å². The number of Topliss-reactive ketones (excluding diaryl/α,β-unsaturated/α-hetero) is 1. The molecular formula is C23H32N2O4. The van der Waals surface area contributed by atoms with Gasteiger partial charge in [-0.05, 0) is 49.8 Å². The van der Waals surface area contributed by atoms with Crippen LogP contribution in [-0.4, -0.2) is 60.2 Å². The first-order valence-corrected chi connectivity index (χ1v) is 10.8. The summed E-state index contributed by atoms with van der Waals surface area (Å²) >= 11 is 0. The monoisotopic (exact) mass is 400 g/mol. The number of piperazine rings is 1. The van der Waals surface area contributed by atoms with Gasteiger partial charge in [-0.3, -0.25) is 9.59 Å². The average molecular weight is 401 g/mol. The lowest BCUT2D eigenvalue weighted by Gasteiger charge is -2.35. The van der Waals surface area contributed by atoms with Gasteiger partial charge in [0.15, 0.2) is 6.61 Å². The van der Waals surface area contributed by atoms with E-state index in [4.69, 9.17) is 4.74 Å². The third-order valence-corrected chi connectivity index (χ3v) is 5.97. The molecular weight excluding hydrogens is 368 g/mol. The van der Waals surface area contributed by atoms with Crippen molar-refractivity contribution in [2.24, 2.45) is 5.92 Å². The van der Waals surface area contributed by atoms with Gasteiger partial charge in [0.1, 0.15) is 11.5 Å². The van der Waals surface area contributed by atoms with Crippen molar-refractivity contribution >= 4 is 17.6 Å². The summed E-state index contributed by atoms with van der Waals surface area (Å²) in [7, 11) is 0. The van der Waals surface area contributed by atoms with Gasteiger partial charge in [0.2, 0.25) is 5.91 Å². The summed E-state index contributed by atoms with van der Waals surface area (Å²) in [5, 5.41) is 0. The standard InChI is InChI=1S/C23H32N2O4/c1-18(26)6-7-19-8-10-21(11-9-19)29-17-23(28)25-14-12-24(13-15-25)22(27)16-20-4-2-3-5-20/h8-11,20H,2-7,12-17H2,1H3. The van der Waals surface area contributed by atoms with E-state index < -0.39 is 0 Å². The smallest absolute Gasteiger partial charge is 0.260 e. The number of hydrogen-bond acceptors (Lipinski definition) is 4. The summed E-state index contributed by atoms with van der Waals surface area (Å²) in [5.74, 6) is 1.58. The van der Waals surface area contributed by atoms with Crippen LogP contribution >= 0.6 is 0 Å². The maximum absolute atomic E-state index is 12.4. The highest BCUT2D eigenvalue weighted by molar-refractivity contribution is 5.79. The van der Waals surface area contributed by atoms with Gasteiger partial charge in [0.05, 0.1) is 0 Å². The highest BCUT2D eigenvalue weighted by atomic mass is 16.5. The third-order valence-electron chi connectivity index (χ3n) is 5.97. The van der Waals surface area contributed by atoms with E-state index in [1.54, 1.807) is 11.8 Å². The molecule has 158 valence electrons. The summed E-state index contributed by atoms with van der Waals surface area (Å²) in [6, 6.07) is 7.53. The van der Waals surface area contributed by atoms with E-state index in [2.05, 4.69) is 0 Å². The summed E-state index contributed by atoms with van der Waals surface area (Å²) in [4.78, 5) is 39.6. The zero-order valence-electron chi connectivity index (χ0n) is 17.4. The summed E-state index contributed by atoms with van der Waals surface area (Å²) in [6.45, 7) is 3.96. The van der Waals surface area contributed by atoms with Crippen LogP contribution in [0.25, 0.3) is 0 Å². The van der Waals surface area contributed by atoms with Crippen molar-refractivity contribution in [3.05, 3.63) is 29.8 Å². The van der Waals surface area contributed by atoms with Crippen LogP contribution in [0.1, 0.15) is 51.0 Å². The van der Waals surface area contributed by atoms with Gasteiger partial charge in [-0.1, -0.05) is 25.0 Å². The molecule has 29 heavy (non-hydrogen) atoms. The molecule has 2 aliphatic rings. The van der Waals surface area contributed by atoms with E-state index in [-0.39, 0.29) is 24.2 Å². The molecule has 0 spiro atoms. The van der Waals surface area contributed by atoms with Gasteiger partial charge in [-0.25, -0.2) is 0 Å². The molecule has 1 heterocycles. The Kier molecular flexibility index (Phi) is 7.67. The van der Waals surface area contributed by atoms with E-state index in [9.17, 15) is 14.4 Å². The second-order valence-corrected chi connectivity index (χ2v) is 8.25. The number of benzene rings is 1. The van der Waals surface area contributed by atoms with Crippen molar-refractivity contribution < 1.29 is 19.1 Å². The number of nitrogens with zero attached hydrogens (tertiary/aromatic N) is 2. The SMILES string of the molecule is CC(=O)CCc1ccc(OCC(=O)N2CCN(C(=O)CC3CCCC3)CC2)cc1. The Hall–Kier alpha value is -2.37. The second kappa shape index (κ2) is 10.4. The largest absolute Gasteiger partial charge is 0.484 e. The normalized spacial score (nSPS) is 17.4.